The van der Waals surface area contributed by atoms with Crippen LogP contribution in [0.2, 0.25) is 0 Å². The van der Waals surface area contributed by atoms with Crippen molar-refractivity contribution in [3.63, 3.8) is 0 Å². The summed E-state index contributed by atoms with van der Waals surface area (Å²) in [6, 6.07) is 29.2. The van der Waals surface area contributed by atoms with Gasteiger partial charge in [0.25, 0.3) is 0 Å². The zero-order valence-corrected chi connectivity index (χ0v) is 19.4. The van der Waals surface area contributed by atoms with Gasteiger partial charge in [-0.1, -0.05) is 84.9 Å². The van der Waals surface area contributed by atoms with Crippen LogP contribution in [0.1, 0.15) is 22.6 Å². The third-order valence-electron chi connectivity index (χ3n) is 6.53. The van der Waals surface area contributed by atoms with Crippen LogP contribution >= 0.6 is 0 Å². The second-order valence-corrected chi connectivity index (χ2v) is 8.81. The number of hydrogen-bond donors (Lipinski definition) is 3. The molecule has 36 heavy (non-hydrogen) atoms. The van der Waals surface area contributed by atoms with E-state index >= 15 is 0 Å². The van der Waals surface area contributed by atoms with Gasteiger partial charge in [-0.2, -0.15) is 0 Å². The van der Waals surface area contributed by atoms with E-state index in [0.29, 0.717) is 0 Å². The van der Waals surface area contributed by atoms with Gasteiger partial charge in [0.15, 0.2) is 0 Å². The Hall–Kier alpha value is -4.58. The highest BCUT2D eigenvalue weighted by molar-refractivity contribution is 5.81. The maximum atomic E-state index is 12.6. The number of aromatic hydroxyl groups is 1. The van der Waals surface area contributed by atoms with Gasteiger partial charge in [0.1, 0.15) is 18.4 Å². The van der Waals surface area contributed by atoms with Crippen molar-refractivity contribution < 1.29 is 24.5 Å². The molecule has 0 aliphatic heterocycles. The van der Waals surface area contributed by atoms with Crippen LogP contribution in [-0.2, 0) is 16.0 Å². The minimum atomic E-state index is -1.13. The lowest BCUT2D eigenvalue weighted by Crippen LogP contribution is -2.42. The minimum Gasteiger partial charge on any atom is -0.508 e. The zero-order chi connectivity index (χ0) is 25.1. The van der Waals surface area contributed by atoms with E-state index in [1.54, 1.807) is 12.1 Å². The number of benzene rings is 4. The van der Waals surface area contributed by atoms with Gasteiger partial charge in [0.05, 0.1) is 0 Å². The van der Waals surface area contributed by atoms with Crippen LogP contribution in [-0.4, -0.2) is 34.9 Å². The molecule has 6 nitrogen and oxygen atoms in total. The molecule has 0 saturated carbocycles. The van der Waals surface area contributed by atoms with Crippen LogP contribution in [0.4, 0.5) is 4.79 Å². The Morgan fingerprint density at radius 3 is 1.86 bits per heavy atom. The van der Waals surface area contributed by atoms with Crippen molar-refractivity contribution >= 4 is 12.1 Å². The van der Waals surface area contributed by atoms with E-state index in [0.717, 1.165) is 38.9 Å². The van der Waals surface area contributed by atoms with E-state index in [1.165, 1.54) is 0 Å². The average Bonchev–Trinajstić information content (AvgIpc) is 3.22. The highest BCUT2D eigenvalue weighted by Crippen LogP contribution is 2.44. The number of fused-ring (bicyclic) bond motifs is 3. The lowest BCUT2D eigenvalue weighted by Gasteiger charge is -2.17. The molecule has 5 rings (SSSR count). The first kappa shape index (κ1) is 23.2. The predicted molar refractivity (Wildman–Crippen MR) is 137 cm³/mol. The summed E-state index contributed by atoms with van der Waals surface area (Å²) in [4.78, 5) is 24.4. The number of carboxylic acid groups (broad SMARTS) is 1. The summed E-state index contributed by atoms with van der Waals surface area (Å²) >= 11 is 0. The summed E-state index contributed by atoms with van der Waals surface area (Å²) in [5, 5.41) is 21.6. The zero-order valence-electron chi connectivity index (χ0n) is 19.4. The summed E-state index contributed by atoms with van der Waals surface area (Å²) in [5.74, 6) is -1.04. The second kappa shape index (κ2) is 9.96. The van der Waals surface area contributed by atoms with Gasteiger partial charge < -0.3 is 20.3 Å². The number of amides is 1. The van der Waals surface area contributed by atoms with Crippen molar-refractivity contribution in [2.45, 2.75) is 18.4 Å². The lowest BCUT2D eigenvalue weighted by molar-refractivity contribution is -0.139. The second-order valence-electron chi connectivity index (χ2n) is 8.81. The first-order chi connectivity index (χ1) is 17.5. The molecule has 180 valence electrons. The van der Waals surface area contributed by atoms with Gasteiger partial charge in [0.2, 0.25) is 0 Å². The van der Waals surface area contributed by atoms with Crippen LogP contribution in [0, 0.1) is 0 Å². The molecular weight excluding hydrogens is 454 g/mol. The molecule has 0 bridgehead atoms. The van der Waals surface area contributed by atoms with Gasteiger partial charge >= 0.3 is 12.1 Å². The third-order valence-corrected chi connectivity index (χ3v) is 6.53. The molecule has 0 aromatic heterocycles. The van der Waals surface area contributed by atoms with Crippen molar-refractivity contribution in [3.05, 3.63) is 114 Å². The smallest absolute Gasteiger partial charge is 0.407 e. The number of carbonyl (C=O) groups excluding carboxylic acids is 1. The van der Waals surface area contributed by atoms with E-state index in [4.69, 9.17) is 4.74 Å². The monoisotopic (exact) mass is 479 g/mol. The number of carbonyl (C=O) groups is 2. The van der Waals surface area contributed by atoms with Crippen molar-refractivity contribution in [1.82, 2.24) is 5.32 Å². The highest BCUT2D eigenvalue weighted by Gasteiger charge is 2.29. The number of carboxylic acids is 1. The Balaban J connectivity index is 1.22. The summed E-state index contributed by atoms with van der Waals surface area (Å²) in [6.07, 6.45) is -0.639. The summed E-state index contributed by atoms with van der Waals surface area (Å²) in [7, 11) is 0. The van der Waals surface area contributed by atoms with Gasteiger partial charge in [-0.15, -0.1) is 0 Å². The molecule has 0 fully saturated rings. The average molecular weight is 480 g/mol. The number of phenolic OH excluding ortho intramolecular Hbond substituents is 1. The van der Waals surface area contributed by atoms with Crippen LogP contribution in [0.3, 0.4) is 0 Å². The van der Waals surface area contributed by atoms with E-state index < -0.39 is 18.1 Å². The summed E-state index contributed by atoms with van der Waals surface area (Å²) in [6.45, 7) is 0.119. The number of hydrogen-bond acceptors (Lipinski definition) is 4. The van der Waals surface area contributed by atoms with E-state index in [9.17, 15) is 19.8 Å². The molecule has 1 atom stereocenters. The molecule has 1 aliphatic carbocycles. The van der Waals surface area contributed by atoms with E-state index in [2.05, 4.69) is 17.4 Å². The van der Waals surface area contributed by atoms with Crippen LogP contribution in [0.15, 0.2) is 97.1 Å². The predicted octanol–water partition coefficient (Wildman–Crippen LogP) is 5.59. The SMILES string of the molecule is O=C(N[C@H](Cc1ccc(-c2ccc(O)cc2)cc1)C(=O)O)OCC1c2ccccc2-c2ccccc21. The molecule has 0 unspecified atom stereocenters. The molecule has 4 aromatic carbocycles. The number of ether oxygens (including phenoxy) is 1. The quantitative estimate of drug-likeness (QED) is 0.321. The first-order valence-electron chi connectivity index (χ1n) is 11.7. The first-order valence-corrected chi connectivity index (χ1v) is 11.7. The van der Waals surface area contributed by atoms with Crippen LogP contribution in [0.5, 0.6) is 5.75 Å². The number of nitrogens with one attached hydrogen (secondary N) is 1. The molecule has 1 amide bonds. The van der Waals surface area contributed by atoms with Gasteiger partial charge in [-0.05, 0) is 51.1 Å². The molecule has 4 aromatic rings. The highest BCUT2D eigenvalue weighted by atomic mass is 16.5. The normalized spacial score (nSPS) is 12.9. The fourth-order valence-corrected chi connectivity index (χ4v) is 4.71. The number of alkyl carbamates (subject to hydrolysis) is 1. The van der Waals surface area contributed by atoms with Gasteiger partial charge in [-0.3, -0.25) is 0 Å². The summed E-state index contributed by atoms with van der Waals surface area (Å²) < 4.78 is 5.51. The standard InChI is InChI=1S/C30H25NO5/c32-22-15-13-21(14-16-22)20-11-9-19(10-12-20)17-28(29(33)34)31-30(35)36-18-27-25-7-3-1-5-23(25)24-6-2-4-8-26(24)27/h1-16,27-28,32H,17-18H2,(H,31,35)(H,33,34)/t28-/m1/s1. The number of rotatable bonds is 7. The Bertz CT molecular complexity index is 1350. The maximum Gasteiger partial charge on any atom is 0.407 e. The Kier molecular flexibility index (Phi) is 6.41. The van der Waals surface area contributed by atoms with E-state index in [1.807, 2.05) is 72.8 Å². The molecule has 1 aliphatic rings. The fraction of sp³-hybridized carbons (Fsp3) is 0.133. The minimum absolute atomic E-state index is 0.0983. The van der Waals surface area contributed by atoms with Crippen molar-refractivity contribution in [1.29, 1.82) is 0 Å². The number of aliphatic carboxylic acids is 1. The molecule has 6 heteroatoms. The fourth-order valence-electron chi connectivity index (χ4n) is 4.71. The Morgan fingerprint density at radius 2 is 1.31 bits per heavy atom. The van der Waals surface area contributed by atoms with Crippen molar-refractivity contribution in [3.8, 4) is 28.0 Å². The number of phenols is 1. The third kappa shape index (κ3) is 4.79. The molecule has 3 N–H and O–H groups in total. The van der Waals surface area contributed by atoms with Crippen molar-refractivity contribution in [2.24, 2.45) is 0 Å². The van der Waals surface area contributed by atoms with Crippen molar-refractivity contribution in [2.75, 3.05) is 6.61 Å². The molecular formula is C30H25NO5. The molecule has 0 saturated heterocycles. The van der Waals surface area contributed by atoms with Crippen LogP contribution in [0.25, 0.3) is 22.3 Å². The molecule has 0 spiro atoms. The molecule has 0 heterocycles. The van der Waals surface area contributed by atoms with Gasteiger partial charge in [-0.25, -0.2) is 9.59 Å². The summed E-state index contributed by atoms with van der Waals surface area (Å²) in [5.41, 5.74) is 7.08. The Morgan fingerprint density at radius 1 is 0.778 bits per heavy atom. The lowest BCUT2D eigenvalue weighted by atomic mass is 9.98. The molecule has 0 radical (unpaired) electrons. The largest absolute Gasteiger partial charge is 0.508 e. The van der Waals surface area contributed by atoms with Gasteiger partial charge in [0, 0.05) is 12.3 Å². The van der Waals surface area contributed by atoms with Crippen LogP contribution < -0.4 is 5.32 Å². The maximum absolute atomic E-state index is 12.6. The topological polar surface area (TPSA) is 95.9 Å². The van der Waals surface area contributed by atoms with E-state index in [-0.39, 0.29) is 24.7 Å². The Labute approximate surface area is 208 Å².